The molecule has 1 aromatic heterocycles. The van der Waals surface area contributed by atoms with E-state index in [2.05, 4.69) is 15.3 Å². The summed E-state index contributed by atoms with van der Waals surface area (Å²) in [6.07, 6.45) is -0.0934. The van der Waals surface area contributed by atoms with Gasteiger partial charge in [0.05, 0.1) is 0 Å². The summed E-state index contributed by atoms with van der Waals surface area (Å²) >= 11 is 0. The van der Waals surface area contributed by atoms with Gasteiger partial charge in [0.2, 0.25) is 11.8 Å². The molecule has 0 saturated heterocycles. The first-order valence-corrected chi connectivity index (χ1v) is 4.70. The Morgan fingerprint density at radius 2 is 2.33 bits per heavy atom. The van der Waals surface area contributed by atoms with Crippen molar-refractivity contribution in [1.29, 1.82) is 0 Å². The molecule has 6 heteroatoms. The van der Waals surface area contributed by atoms with Crippen LogP contribution in [0.25, 0.3) is 0 Å². The summed E-state index contributed by atoms with van der Waals surface area (Å²) in [5, 5.41) is 2.93. The molecule has 1 aromatic rings. The predicted octanol–water partition coefficient (Wildman–Crippen LogP) is 1.94. The monoisotopic (exact) mass is 217 g/mol. The first kappa shape index (κ1) is 11.6. The van der Waals surface area contributed by atoms with Crippen LogP contribution in [0, 0.1) is 0 Å². The molecule has 1 N–H and O–H groups in total. The standard InChI is InChI=1S/C9H13F2N3O/c1-2-4-12-9-13-5-3-8(14-9)15-6-7(10)11/h3,5,7H,2,4,6H2,1H3,(H,12,13,14). The maximum atomic E-state index is 11.8. The lowest BCUT2D eigenvalue weighted by Gasteiger charge is -2.06. The van der Waals surface area contributed by atoms with Crippen LogP contribution in [0.4, 0.5) is 14.7 Å². The number of aromatic nitrogens is 2. The zero-order chi connectivity index (χ0) is 11.1. The molecule has 0 unspecified atom stereocenters. The average Bonchev–Trinajstić information content (AvgIpc) is 2.24. The van der Waals surface area contributed by atoms with Crippen LogP contribution in [-0.4, -0.2) is 29.5 Å². The van der Waals surface area contributed by atoms with Crippen LogP contribution in [0.15, 0.2) is 12.3 Å². The number of rotatable bonds is 6. The molecule has 1 heterocycles. The third kappa shape index (κ3) is 4.53. The zero-order valence-corrected chi connectivity index (χ0v) is 8.41. The molecule has 0 aliphatic rings. The van der Waals surface area contributed by atoms with Crippen molar-refractivity contribution in [3.05, 3.63) is 12.3 Å². The van der Waals surface area contributed by atoms with Crippen molar-refractivity contribution in [2.75, 3.05) is 18.5 Å². The third-order valence-corrected chi connectivity index (χ3v) is 1.52. The highest BCUT2D eigenvalue weighted by atomic mass is 19.3. The third-order valence-electron chi connectivity index (χ3n) is 1.52. The second-order valence-electron chi connectivity index (χ2n) is 2.85. The van der Waals surface area contributed by atoms with Gasteiger partial charge in [-0.25, -0.2) is 13.8 Å². The Hall–Kier alpha value is -1.46. The number of nitrogens with one attached hydrogen (secondary N) is 1. The Morgan fingerprint density at radius 3 is 3.00 bits per heavy atom. The van der Waals surface area contributed by atoms with Gasteiger partial charge in [-0.05, 0) is 6.42 Å². The van der Waals surface area contributed by atoms with Crippen molar-refractivity contribution in [3.63, 3.8) is 0 Å². The second kappa shape index (κ2) is 6.10. The van der Waals surface area contributed by atoms with E-state index < -0.39 is 13.0 Å². The highest BCUT2D eigenvalue weighted by molar-refractivity contribution is 5.27. The normalized spacial score (nSPS) is 10.4. The second-order valence-corrected chi connectivity index (χ2v) is 2.85. The van der Waals surface area contributed by atoms with E-state index in [9.17, 15) is 8.78 Å². The highest BCUT2D eigenvalue weighted by Crippen LogP contribution is 2.09. The van der Waals surface area contributed by atoms with E-state index in [1.807, 2.05) is 6.92 Å². The number of anilines is 1. The van der Waals surface area contributed by atoms with E-state index in [1.54, 1.807) is 0 Å². The summed E-state index contributed by atoms with van der Waals surface area (Å²) in [7, 11) is 0. The Kier molecular flexibility index (Phi) is 4.73. The number of alkyl halides is 2. The molecule has 0 radical (unpaired) electrons. The SMILES string of the molecule is CCCNc1nccc(OCC(F)F)n1. The molecule has 0 aliphatic heterocycles. The van der Waals surface area contributed by atoms with Crippen LogP contribution in [0.2, 0.25) is 0 Å². The van der Waals surface area contributed by atoms with E-state index in [0.29, 0.717) is 5.95 Å². The smallest absolute Gasteiger partial charge is 0.272 e. The summed E-state index contributed by atoms with van der Waals surface area (Å²) in [6, 6.07) is 1.44. The Balaban J connectivity index is 2.50. The average molecular weight is 217 g/mol. The first-order chi connectivity index (χ1) is 7.22. The van der Waals surface area contributed by atoms with Crippen molar-refractivity contribution in [2.45, 2.75) is 19.8 Å². The summed E-state index contributed by atoms with van der Waals surface area (Å²) in [5.74, 6) is 0.549. The van der Waals surface area contributed by atoms with Crippen molar-refractivity contribution in [2.24, 2.45) is 0 Å². The maximum absolute atomic E-state index is 11.8. The van der Waals surface area contributed by atoms with Crippen molar-refractivity contribution < 1.29 is 13.5 Å². The molecule has 1 rings (SSSR count). The minimum Gasteiger partial charge on any atom is -0.471 e. The number of nitrogens with zero attached hydrogens (tertiary/aromatic N) is 2. The molecule has 84 valence electrons. The number of ether oxygens (including phenoxy) is 1. The predicted molar refractivity (Wildman–Crippen MR) is 52.3 cm³/mol. The highest BCUT2D eigenvalue weighted by Gasteiger charge is 2.05. The van der Waals surface area contributed by atoms with Gasteiger partial charge in [0.15, 0.2) is 6.61 Å². The van der Waals surface area contributed by atoms with Gasteiger partial charge in [-0.1, -0.05) is 6.92 Å². The molecule has 0 atom stereocenters. The van der Waals surface area contributed by atoms with Gasteiger partial charge in [0.1, 0.15) is 0 Å². The molecular formula is C9H13F2N3O. The van der Waals surface area contributed by atoms with Crippen molar-refractivity contribution >= 4 is 5.95 Å². The van der Waals surface area contributed by atoms with Crippen LogP contribution in [-0.2, 0) is 0 Å². The molecule has 4 nitrogen and oxygen atoms in total. The van der Waals surface area contributed by atoms with Crippen LogP contribution >= 0.6 is 0 Å². The lowest BCUT2D eigenvalue weighted by molar-refractivity contribution is 0.0796. The summed E-state index contributed by atoms with van der Waals surface area (Å²) in [4.78, 5) is 7.82. The fourth-order valence-electron chi connectivity index (χ4n) is 0.893. The van der Waals surface area contributed by atoms with Crippen LogP contribution in [0.1, 0.15) is 13.3 Å². The van der Waals surface area contributed by atoms with Gasteiger partial charge in [0.25, 0.3) is 6.43 Å². The Labute approximate surface area is 86.7 Å². The molecule has 0 bridgehead atoms. The van der Waals surface area contributed by atoms with E-state index in [0.717, 1.165) is 13.0 Å². The lowest BCUT2D eigenvalue weighted by atomic mass is 10.5. The Bertz CT molecular complexity index is 296. The number of hydrogen-bond acceptors (Lipinski definition) is 4. The van der Waals surface area contributed by atoms with Gasteiger partial charge >= 0.3 is 0 Å². The molecular weight excluding hydrogens is 204 g/mol. The van der Waals surface area contributed by atoms with Gasteiger partial charge in [-0.2, -0.15) is 4.98 Å². The molecule has 0 aliphatic carbocycles. The Morgan fingerprint density at radius 1 is 1.53 bits per heavy atom. The van der Waals surface area contributed by atoms with Crippen LogP contribution < -0.4 is 10.1 Å². The molecule has 0 spiro atoms. The summed E-state index contributed by atoms with van der Waals surface area (Å²) in [5.41, 5.74) is 0. The fraction of sp³-hybridized carbons (Fsp3) is 0.556. The fourth-order valence-corrected chi connectivity index (χ4v) is 0.893. The summed E-state index contributed by atoms with van der Waals surface area (Å²) < 4.78 is 28.4. The molecule has 0 fully saturated rings. The lowest BCUT2D eigenvalue weighted by Crippen LogP contribution is -2.10. The molecule has 0 aromatic carbocycles. The zero-order valence-electron chi connectivity index (χ0n) is 8.41. The number of hydrogen-bond donors (Lipinski definition) is 1. The van der Waals surface area contributed by atoms with Gasteiger partial charge in [0, 0.05) is 18.8 Å². The van der Waals surface area contributed by atoms with E-state index in [-0.39, 0.29) is 5.88 Å². The minimum absolute atomic E-state index is 0.156. The van der Waals surface area contributed by atoms with Gasteiger partial charge in [-0.3, -0.25) is 0 Å². The van der Waals surface area contributed by atoms with Crippen LogP contribution in [0.3, 0.4) is 0 Å². The maximum Gasteiger partial charge on any atom is 0.272 e. The molecule has 0 amide bonds. The minimum atomic E-state index is -2.49. The topological polar surface area (TPSA) is 47.0 Å². The van der Waals surface area contributed by atoms with Crippen molar-refractivity contribution in [1.82, 2.24) is 9.97 Å². The summed E-state index contributed by atoms with van der Waals surface area (Å²) in [6.45, 7) is 2.09. The number of halogens is 2. The van der Waals surface area contributed by atoms with E-state index in [4.69, 9.17) is 4.74 Å². The van der Waals surface area contributed by atoms with Gasteiger partial charge < -0.3 is 10.1 Å². The van der Waals surface area contributed by atoms with Crippen LogP contribution in [0.5, 0.6) is 5.88 Å². The van der Waals surface area contributed by atoms with E-state index >= 15 is 0 Å². The molecule has 0 saturated carbocycles. The quantitative estimate of drug-likeness (QED) is 0.791. The molecule has 15 heavy (non-hydrogen) atoms. The first-order valence-electron chi connectivity index (χ1n) is 4.70. The largest absolute Gasteiger partial charge is 0.471 e. The van der Waals surface area contributed by atoms with Gasteiger partial charge in [-0.15, -0.1) is 0 Å². The van der Waals surface area contributed by atoms with E-state index in [1.165, 1.54) is 12.3 Å². The van der Waals surface area contributed by atoms with Crippen molar-refractivity contribution in [3.8, 4) is 5.88 Å².